The van der Waals surface area contributed by atoms with Crippen LogP contribution in [0.25, 0.3) is 0 Å². The quantitative estimate of drug-likeness (QED) is 0.414. The van der Waals surface area contributed by atoms with E-state index in [1.54, 1.807) is 7.05 Å². The molecule has 3 N–H and O–H groups in total. The summed E-state index contributed by atoms with van der Waals surface area (Å²) >= 11 is 0. The summed E-state index contributed by atoms with van der Waals surface area (Å²) in [5.41, 5.74) is 0. The summed E-state index contributed by atoms with van der Waals surface area (Å²) in [4.78, 5) is 10.6. The lowest BCUT2D eigenvalue weighted by Gasteiger charge is -2.01. The molecule has 0 aromatic rings. The van der Waals surface area contributed by atoms with Gasteiger partial charge in [0.2, 0.25) is 5.91 Å². The molecule has 0 aliphatic rings. The molecule has 0 heterocycles. The van der Waals surface area contributed by atoms with Gasteiger partial charge in [0.05, 0.1) is 6.54 Å². The maximum absolute atomic E-state index is 10.6. The van der Waals surface area contributed by atoms with E-state index in [9.17, 15) is 4.79 Å². The fourth-order valence-corrected chi connectivity index (χ4v) is 0.504. The minimum Gasteiger partial charge on any atom is -0.358 e. The first kappa shape index (κ1) is 9.39. The van der Waals surface area contributed by atoms with Gasteiger partial charge in [-0.1, -0.05) is 0 Å². The van der Waals surface area contributed by atoms with Gasteiger partial charge in [-0.3, -0.25) is 4.79 Å². The molecule has 0 rings (SSSR count). The lowest BCUT2D eigenvalue weighted by atomic mass is 10.5. The van der Waals surface area contributed by atoms with E-state index in [0.717, 1.165) is 13.1 Å². The van der Waals surface area contributed by atoms with Crippen molar-refractivity contribution in [1.82, 2.24) is 16.0 Å². The summed E-state index contributed by atoms with van der Waals surface area (Å²) in [5.74, 6) is 0.0242. The van der Waals surface area contributed by atoms with E-state index in [-0.39, 0.29) is 5.91 Å². The van der Waals surface area contributed by atoms with Crippen molar-refractivity contribution in [2.75, 3.05) is 33.7 Å². The Morgan fingerprint density at radius 3 is 2.50 bits per heavy atom. The zero-order chi connectivity index (χ0) is 7.82. The van der Waals surface area contributed by atoms with E-state index in [4.69, 9.17) is 0 Å². The number of hydrogen-bond acceptors (Lipinski definition) is 3. The van der Waals surface area contributed by atoms with Crippen LogP contribution in [0.5, 0.6) is 0 Å². The molecule has 1 amide bonds. The molecule has 4 nitrogen and oxygen atoms in total. The normalized spacial score (nSPS) is 9.40. The molecule has 0 aliphatic heterocycles. The second-order valence-electron chi connectivity index (χ2n) is 1.95. The van der Waals surface area contributed by atoms with Gasteiger partial charge in [0, 0.05) is 20.1 Å². The number of carbonyl (C=O) groups is 1. The van der Waals surface area contributed by atoms with E-state index in [2.05, 4.69) is 16.0 Å². The van der Waals surface area contributed by atoms with Gasteiger partial charge in [-0.15, -0.1) is 0 Å². The molecule has 0 atom stereocenters. The molecule has 0 saturated carbocycles. The molecule has 0 aromatic carbocycles. The SMILES string of the molecule is CNCCNCC(=O)NC. The third kappa shape index (κ3) is 5.53. The van der Waals surface area contributed by atoms with Crippen molar-refractivity contribution >= 4 is 5.91 Å². The molecule has 0 radical (unpaired) electrons. The summed E-state index contributed by atoms with van der Waals surface area (Å²) in [6.45, 7) is 2.11. The molecule has 4 heteroatoms. The maximum Gasteiger partial charge on any atom is 0.233 e. The van der Waals surface area contributed by atoms with Crippen LogP contribution in [0.4, 0.5) is 0 Å². The van der Waals surface area contributed by atoms with Crippen molar-refractivity contribution in [2.24, 2.45) is 0 Å². The van der Waals surface area contributed by atoms with Crippen molar-refractivity contribution in [3.8, 4) is 0 Å². The highest BCUT2D eigenvalue weighted by Gasteiger charge is 1.93. The fourth-order valence-electron chi connectivity index (χ4n) is 0.504. The molecule has 10 heavy (non-hydrogen) atoms. The van der Waals surface area contributed by atoms with Crippen LogP contribution in [-0.2, 0) is 4.79 Å². The Morgan fingerprint density at radius 1 is 1.30 bits per heavy atom. The van der Waals surface area contributed by atoms with Gasteiger partial charge in [0.1, 0.15) is 0 Å². The lowest BCUT2D eigenvalue weighted by molar-refractivity contribution is -0.119. The fraction of sp³-hybridized carbons (Fsp3) is 0.833. The van der Waals surface area contributed by atoms with Crippen LogP contribution in [0.2, 0.25) is 0 Å². The standard InChI is InChI=1S/C6H15N3O/c1-7-3-4-9-5-6(10)8-2/h7,9H,3-5H2,1-2H3,(H,8,10). The monoisotopic (exact) mass is 145 g/mol. The molecule has 60 valence electrons. The molecule has 0 bridgehead atoms. The molecule has 0 fully saturated rings. The maximum atomic E-state index is 10.6. The minimum absolute atomic E-state index is 0.0242. The smallest absolute Gasteiger partial charge is 0.233 e. The number of likely N-dealkylation sites (N-methyl/N-ethyl adjacent to an activating group) is 2. The average molecular weight is 145 g/mol. The molecule has 0 unspecified atom stereocenters. The highest BCUT2D eigenvalue weighted by molar-refractivity contribution is 5.77. The molecule has 0 saturated heterocycles. The van der Waals surface area contributed by atoms with Gasteiger partial charge in [0.25, 0.3) is 0 Å². The Hall–Kier alpha value is -0.610. The number of nitrogens with one attached hydrogen (secondary N) is 3. The third-order valence-corrected chi connectivity index (χ3v) is 1.12. The Labute approximate surface area is 61.4 Å². The number of hydrogen-bond donors (Lipinski definition) is 3. The summed E-state index contributed by atoms with van der Waals surface area (Å²) in [6.07, 6.45) is 0. The van der Waals surface area contributed by atoms with Crippen LogP contribution in [0, 0.1) is 0 Å². The van der Waals surface area contributed by atoms with Crippen molar-refractivity contribution in [1.29, 1.82) is 0 Å². The summed E-state index contributed by atoms with van der Waals surface area (Å²) < 4.78 is 0. The minimum atomic E-state index is 0.0242. The highest BCUT2D eigenvalue weighted by atomic mass is 16.1. The van der Waals surface area contributed by atoms with Gasteiger partial charge < -0.3 is 16.0 Å². The van der Waals surface area contributed by atoms with E-state index < -0.39 is 0 Å². The van der Waals surface area contributed by atoms with Crippen LogP contribution in [0.3, 0.4) is 0 Å². The second-order valence-corrected chi connectivity index (χ2v) is 1.95. The Kier molecular flexibility index (Phi) is 6.11. The third-order valence-electron chi connectivity index (χ3n) is 1.12. The van der Waals surface area contributed by atoms with E-state index in [1.807, 2.05) is 7.05 Å². The van der Waals surface area contributed by atoms with Gasteiger partial charge in [-0.2, -0.15) is 0 Å². The lowest BCUT2D eigenvalue weighted by Crippen LogP contribution is -2.34. The van der Waals surface area contributed by atoms with Crippen LogP contribution in [0.15, 0.2) is 0 Å². The largest absolute Gasteiger partial charge is 0.358 e. The van der Waals surface area contributed by atoms with Crippen molar-refractivity contribution < 1.29 is 4.79 Å². The summed E-state index contributed by atoms with van der Waals surface area (Å²) in [5, 5.41) is 8.45. The van der Waals surface area contributed by atoms with E-state index in [0.29, 0.717) is 6.54 Å². The van der Waals surface area contributed by atoms with E-state index in [1.165, 1.54) is 0 Å². The average Bonchev–Trinajstić information content (AvgIpc) is 1.98. The van der Waals surface area contributed by atoms with Gasteiger partial charge in [0.15, 0.2) is 0 Å². The van der Waals surface area contributed by atoms with Crippen molar-refractivity contribution in [3.05, 3.63) is 0 Å². The number of carbonyl (C=O) groups excluding carboxylic acids is 1. The Bertz CT molecular complexity index is 95.0. The first-order valence-electron chi connectivity index (χ1n) is 3.37. The Balaban J connectivity index is 2.96. The van der Waals surface area contributed by atoms with Crippen LogP contribution >= 0.6 is 0 Å². The predicted molar refractivity (Wildman–Crippen MR) is 40.9 cm³/mol. The molecule has 0 spiro atoms. The van der Waals surface area contributed by atoms with Crippen LogP contribution in [0.1, 0.15) is 0 Å². The van der Waals surface area contributed by atoms with Crippen LogP contribution in [-0.4, -0.2) is 39.6 Å². The predicted octanol–water partition coefficient (Wildman–Crippen LogP) is -1.46. The first-order chi connectivity index (χ1) is 4.81. The summed E-state index contributed by atoms with van der Waals surface area (Å²) in [6, 6.07) is 0. The number of rotatable bonds is 5. The first-order valence-corrected chi connectivity index (χ1v) is 3.37. The molecule has 0 aromatic heterocycles. The summed E-state index contributed by atoms with van der Waals surface area (Å²) in [7, 11) is 3.50. The van der Waals surface area contributed by atoms with Gasteiger partial charge in [-0.05, 0) is 7.05 Å². The highest BCUT2D eigenvalue weighted by Crippen LogP contribution is 1.59. The Morgan fingerprint density at radius 2 is 2.00 bits per heavy atom. The van der Waals surface area contributed by atoms with E-state index >= 15 is 0 Å². The zero-order valence-electron chi connectivity index (χ0n) is 6.53. The molecular weight excluding hydrogens is 130 g/mol. The van der Waals surface area contributed by atoms with Gasteiger partial charge >= 0.3 is 0 Å². The van der Waals surface area contributed by atoms with Gasteiger partial charge in [-0.25, -0.2) is 0 Å². The zero-order valence-corrected chi connectivity index (χ0v) is 6.53. The topological polar surface area (TPSA) is 53.2 Å². The number of amides is 1. The van der Waals surface area contributed by atoms with Crippen molar-refractivity contribution in [2.45, 2.75) is 0 Å². The molecular formula is C6H15N3O. The molecule has 0 aliphatic carbocycles. The van der Waals surface area contributed by atoms with Crippen LogP contribution < -0.4 is 16.0 Å². The second kappa shape index (κ2) is 6.51. The van der Waals surface area contributed by atoms with Crippen molar-refractivity contribution in [3.63, 3.8) is 0 Å².